The maximum atomic E-state index is 5.86. The molecule has 1 aliphatic heterocycles. The summed E-state index contributed by atoms with van der Waals surface area (Å²) in [5.41, 5.74) is 1.12. The van der Waals surface area contributed by atoms with Crippen LogP contribution in [0.15, 0.2) is 12.3 Å². The number of nitrogens with one attached hydrogen (secondary N) is 1. The summed E-state index contributed by atoms with van der Waals surface area (Å²) in [6, 6.07) is 1.87. The highest BCUT2D eigenvalue weighted by molar-refractivity contribution is 6.31. The van der Waals surface area contributed by atoms with Gasteiger partial charge in [-0.3, -0.25) is 0 Å². The van der Waals surface area contributed by atoms with Gasteiger partial charge in [0.05, 0.1) is 18.2 Å². The van der Waals surface area contributed by atoms with Crippen LogP contribution in [0.2, 0.25) is 5.02 Å². The molecule has 1 N–H and O–H groups in total. The van der Waals surface area contributed by atoms with Gasteiger partial charge in [0, 0.05) is 17.8 Å². The maximum absolute atomic E-state index is 5.86. The minimum Gasteiger partial charge on any atom is -0.380 e. The highest BCUT2D eigenvalue weighted by Crippen LogP contribution is 2.28. The average Bonchev–Trinajstić information content (AvgIpc) is 2.12. The minimum atomic E-state index is 0.502. The molecule has 0 unspecified atom stereocenters. The van der Waals surface area contributed by atoms with Gasteiger partial charge in [-0.15, -0.1) is 0 Å². The van der Waals surface area contributed by atoms with Crippen LogP contribution in [-0.4, -0.2) is 18.2 Å². The fourth-order valence-corrected chi connectivity index (χ4v) is 1.35. The minimum absolute atomic E-state index is 0.502. The number of halogens is 1. The zero-order chi connectivity index (χ0) is 6.97. The van der Waals surface area contributed by atoms with Crippen molar-refractivity contribution < 1.29 is 4.74 Å². The SMILES string of the molecule is Clc1cc[nH]c1C1COC1. The molecule has 10 heavy (non-hydrogen) atoms. The van der Waals surface area contributed by atoms with Gasteiger partial charge in [0.1, 0.15) is 0 Å². The normalized spacial score (nSPS) is 18.9. The number of rotatable bonds is 1. The first-order valence-electron chi connectivity index (χ1n) is 3.28. The van der Waals surface area contributed by atoms with Crippen LogP contribution in [-0.2, 0) is 4.74 Å². The molecule has 0 amide bonds. The lowest BCUT2D eigenvalue weighted by atomic mass is 10.1. The molecule has 1 saturated heterocycles. The summed E-state index contributed by atoms with van der Waals surface area (Å²) in [4.78, 5) is 3.10. The van der Waals surface area contributed by atoms with E-state index < -0.39 is 0 Å². The Labute approximate surface area is 64.1 Å². The van der Waals surface area contributed by atoms with Crippen molar-refractivity contribution in [3.63, 3.8) is 0 Å². The first-order chi connectivity index (χ1) is 4.88. The lowest BCUT2D eigenvalue weighted by Gasteiger charge is -2.25. The second-order valence-electron chi connectivity index (χ2n) is 2.47. The zero-order valence-corrected chi connectivity index (χ0v) is 6.19. The number of aromatic amines is 1. The first-order valence-corrected chi connectivity index (χ1v) is 3.66. The van der Waals surface area contributed by atoms with Gasteiger partial charge in [-0.25, -0.2) is 0 Å². The number of aromatic nitrogens is 1. The van der Waals surface area contributed by atoms with E-state index in [0.29, 0.717) is 5.92 Å². The Kier molecular flexibility index (Phi) is 1.43. The Morgan fingerprint density at radius 3 is 2.80 bits per heavy atom. The van der Waals surface area contributed by atoms with Crippen molar-refractivity contribution in [2.24, 2.45) is 0 Å². The van der Waals surface area contributed by atoms with Gasteiger partial charge in [0.15, 0.2) is 0 Å². The summed E-state index contributed by atoms with van der Waals surface area (Å²) in [5.74, 6) is 0.502. The fraction of sp³-hybridized carbons (Fsp3) is 0.429. The number of ether oxygens (including phenoxy) is 1. The van der Waals surface area contributed by atoms with Gasteiger partial charge in [0.2, 0.25) is 0 Å². The van der Waals surface area contributed by atoms with E-state index in [2.05, 4.69) is 4.98 Å². The molecule has 0 radical (unpaired) electrons. The van der Waals surface area contributed by atoms with Gasteiger partial charge in [-0.2, -0.15) is 0 Å². The first kappa shape index (κ1) is 6.25. The summed E-state index contributed by atoms with van der Waals surface area (Å²) >= 11 is 5.86. The van der Waals surface area contributed by atoms with E-state index in [4.69, 9.17) is 16.3 Å². The Bertz CT molecular complexity index is 229. The summed E-state index contributed by atoms with van der Waals surface area (Å²) < 4.78 is 5.04. The molecular formula is C7H8ClNO. The third kappa shape index (κ3) is 0.842. The van der Waals surface area contributed by atoms with Crippen molar-refractivity contribution in [3.05, 3.63) is 23.0 Å². The monoisotopic (exact) mass is 157 g/mol. The molecule has 2 rings (SSSR count). The topological polar surface area (TPSA) is 25.0 Å². The average molecular weight is 158 g/mol. The van der Waals surface area contributed by atoms with Crippen LogP contribution in [0, 0.1) is 0 Å². The van der Waals surface area contributed by atoms with Gasteiger partial charge in [-0.1, -0.05) is 11.6 Å². The smallest absolute Gasteiger partial charge is 0.0617 e. The molecule has 1 aromatic heterocycles. The third-order valence-corrected chi connectivity index (χ3v) is 2.10. The van der Waals surface area contributed by atoms with E-state index in [1.54, 1.807) is 0 Å². The van der Waals surface area contributed by atoms with Crippen molar-refractivity contribution in [2.45, 2.75) is 5.92 Å². The van der Waals surface area contributed by atoms with Crippen molar-refractivity contribution >= 4 is 11.6 Å². The Morgan fingerprint density at radius 2 is 2.40 bits per heavy atom. The fourth-order valence-electron chi connectivity index (χ4n) is 1.08. The summed E-state index contributed by atoms with van der Waals surface area (Å²) in [6.45, 7) is 1.61. The van der Waals surface area contributed by atoms with E-state index in [9.17, 15) is 0 Å². The van der Waals surface area contributed by atoms with Crippen molar-refractivity contribution in [1.82, 2.24) is 4.98 Å². The predicted octanol–water partition coefficient (Wildman–Crippen LogP) is 1.78. The van der Waals surface area contributed by atoms with Crippen LogP contribution in [0.1, 0.15) is 11.6 Å². The van der Waals surface area contributed by atoms with E-state index >= 15 is 0 Å². The molecular weight excluding hydrogens is 150 g/mol. The highest BCUT2D eigenvalue weighted by atomic mass is 35.5. The quantitative estimate of drug-likeness (QED) is 0.661. The molecule has 1 aliphatic rings. The molecule has 3 heteroatoms. The predicted molar refractivity (Wildman–Crippen MR) is 39.4 cm³/mol. The molecule has 0 saturated carbocycles. The third-order valence-electron chi connectivity index (χ3n) is 1.77. The Hall–Kier alpha value is -0.470. The second kappa shape index (κ2) is 2.29. The van der Waals surface area contributed by atoms with Gasteiger partial charge in [0.25, 0.3) is 0 Å². The Morgan fingerprint density at radius 1 is 1.60 bits per heavy atom. The molecule has 0 aromatic carbocycles. The Balaban J connectivity index is 2.23. The van der Waals surface area contributed by atoms with Crippen LogP contribution in [0.5, 0.6) is 0 Å². The molecule has 1 fully saturated rings. The van der Waals surface area contributed by atoms with Gasteiger partial charge < -0.3 is 9.72 Å². The molecule has 1 aromatic rings. The molecule has 0 spiro atoms. The number of hydrogen-bond acceptors (Lipinski definition) is 1. The van der Waals surface area contributed by atoms with Crippen LogP contribution in [0.25, 0.3) is 0 Å². The lowest BCUT2D eigenvalue weighted by molar-refractivity contribution is 0.00695. The van der Waals surface area contributed by atoms with Gasteiger partial charge >= 0.3 is 0 Å². The molecule has 0 atom stereocenters. The zero-order valence-electron chi connectivity index (χ0n) is 5.43. The van der Waals surface area contributed by atoms with E-state index in [-0.39, 0.29) is 0 Å². The summed E-state index contributed by atoms with van der Waals surface area (Å²) in [7, 11) is 0. The van der Waals surface area contributed by atoms with E-state index in [1.807, 2.05) is 12.3 Å². The molecule has 54 valence electrons. The highest BCUT2D eigenvalue weighted by Gasteiger charge is 2.23. The largest absolute Gasteiger partial charge is 0.380 e. The molecule has 0 aliphatic carbocycles. The second-order valence-corrected chi connectivity index (χ2v) is 2.88. The van der Waals surface area contributed by atoms with Crippen molar-refractivity contribution in [1.29, 1.82) is 0 Å². The van der Waals surface area contributed by atoms with Crippen LogP contribution in [0.3, 0.4) is 0 Å². The summed E-state index contributed by atoms with van der Waals surface area (Å²) in [5, 5.41) is 0.827. The van der Waals surface area contributed by atoms with Crippen LogP contribution >= 0.6 is 11.6 Å². The number of hydrogen-bond donors (Lipinski definition) is 1. The van der Waals surface area contributed by atoms with E-state index in [0.717, 1.165) is 23.9 Å². The standard InChI is InChI=1S/C7H8ClNO/c8-6-1-2-9-7(6)5-3-10-4-5/h1-2,5,9H,3-4H2. The lowest BCUT2D eigenvalue weighted by Crippen LogP contribution is -2.25. The molecule has 2 nitrogen and oxygen atoms in total. The molecule has 2 heterocycles. The number of H-pyrrole nitrogens is 1. The van der Waals surface area contributed by atoms with Crippen molar-refractivity contribution in [2.75, 3.05) is 13.2 Å². The van der Waals surface area contributed by atoms with E-state index in [1.165, 1.54) is 0 Å². The van der Waals surface area contributed by atoms with Crippen LogP contribution in [0.4, 0.5) is 0 Å². The summed E-state index contributed by atoms with van der Waals surface area (Å²) in [6.07, 6.45) is 1.86. The van der Waals surface area contributed by atoms with Crippen LogP contribution < -0.4 is 0 Å². The maximum Gasteiger partial charge on any atom is 0.0617 e. The van der Waals surface area contributed by atoms with Crippen molar-refractivity contribution in [3.8, 4) is 0 Å². The molecule has 0 bridgehead atoms. The van der Waals surface area contributed by atoms with Gasteiger partial charge in [-0.05, 0) is 6.07 Å².